The van der Waals surface area contributed by atoms with Gasteiger partial charge in [-0.3, -0.25) is 0 Å². The Morgan fingerprint density at radius 3 is 2.20 bits per heavy atom. The van der Waals surface area contributed by atoms with Gasteiger partial charge in [0.1, 0.15) is 0 Å². The average molecular weight is 240 g/mol. The minimum atomic E-state index is -0.502. The molecule has 1 atom stereocenters. The molecule has 4 heteroatoms. The Bertz CT molecular complexity index is 110. The molecule has 0 aromatic rings. The average Bonchev–Trinajstić information content (AvgIpc) is 2.16. The monoisotopic (exact) mass is 239 g/mol. The molecule has 0 spiro atoms. The van der Waals surface area contributed by atoms with Crippen molar-refractivity contribution in [3.8, 4) is 0 Å². The van der Waals surface area contributed by atoms with Crippen LogP contribution in [0.4, 0.5) is 0 Å². The van der Waals surface area contributed by atoms with Crippen LogP contribution >= 0.6 is 11.6 Å². The molecule has 0 aromatic carbocycles. The minimum Gasteiger partial charge on any atom is -0.389 e. The summed E-state index contributed by atoms with van der Waals surface area (Å²) in [5.74, 6) is 0.258. The zero-order valence-corrected chi connectivity index (χ0v) is 11.3. The number of nitrogens with zero attached hydrogens (tertiary/aromatic N) is 1. The normalized spacial score (nSPS) is 12.2. The molecular formula is C11H26ClNO2. The number of ether oxygens (including phenoxy) is 1. The van der Waals surface area contributed by atoms with Gasteiger partial charge in [-0.05, 0) is 27.6 Å². The maximum absolute atomic E-state index is 8.96. The third-order valence-corrected chi connectivity index (χ3v) is 1.74. The summed E-state index contributed by atoms with van der Waals surface area (Å²) < 4.78 is 5.15. The molecule has 0 aliphatic heterocycles. The van der Waals surface area contributed by atoms with Crippen molar-refractivity contribution in [2.24, 2.45) is 0 Å². The summed E-state index contributed by atoms with van der Waals surface area (Å²) in [6, 6.07) is 0. The molecule has 3 nitrogen and oxygen atoms in total. The van der Waals surface area contributed by atoms with Crippen LogP contribution in [0.2, 0.25) is 0 Å². The van der Waals surface area contributed by atoms with Crippen LogP contribution in [0.15, 0.2) is 0 Å². The minimum absolute atomic E-state index is 0.258. The third-order valence-electron chi connectivity index (χ3n) is 1.38. The van der Waals surface area contributed by atoms with Crippen LogP contribution in [-0.2, 0) is 4.74 Å². The summed E-state index contributed by atoms with van der Waals surface area (Å²) in [6.45, 7) is 3.25. The molecule has 0 fully saturated rings. The zero-order valence-electron chi connectivity index (χ0n) is 10.5. The summed E-state index contributed by atoms with van der Waals surface area (Å²) >= 11 is 5.36. The van der Waals surface area contributed by atoms with E-state index in [0.717, 1.165) is 13.0 Å². The molecule has 94 valence electrons. The van der Waals surface area contributed by atoms with Crippen LogP contribution < -0.4 is 0 Å². The molecule has 0 saturated carbocycles. The van der Waals surface area contributed by atoms with Crippen molar-refractivity contribution in [1.29, 1.82) is 0 Å². The first-order valence-electron chi connectivity index (χ1n) is 5.47. The van der Waals surface area contributed by atoms with Crippen molar-refractivity contribution < 1.29 is 9.84 Å². The number of halogens is 1. The van der Waals surface area contributed by atoms with Gasteiger partial charge >= 0.3 is 0 Å². The van der Waals surface area contributed by atoms with Gasteiger partial charge in [0, 0.05) is 6.61 Å². The molecule has 0 radical (unpaired) electrons. The van der Waals surface area contributed by atoms with Crippen molar-refractivity contribution in [3.05, 3.63) is 0 Å². The summed E-state index contributed by atoms with van der Waals surface area (Å²) in [6.07, 6.45) is 2.96. The summed E-state index contributed by atoms with van der Waals surface area (Å²) in [5.41, 5.74) is 0. The van der Waals surface area contributed by atoms with Crippen LogP contribution in [0, 0.1) is 0 Å². The quantitative estimate of drug-likeness (QED) is 0.545. The predicted molar refractivity (Wildman–Crippen MR) is 66.7 cm³/mol. The molecule has 0 saturated heterocycles. The Hall–Kier alpha value is 0.170. The third kappa shape index (κ3) is 25.0. The second-order valence-corrected chi connectivity index (χ2v) is 4.24. The fourth-order valence-corrected chi connectivity index (χ4v) is 0.807. The Morgan fingerprint density at radius 2 is 1.80 bits per heavy atom. The largest absolute Gasteiger partial charge is 0.389 e. The van der Waals surface area contributed by atoms with Gasteiger partial charge in [-0.15, -0.1) is 11.6 Å². The molecule has 1 unspecified atom stereocenters. The number of hydrogen-bond acceptors (Lipinski definition) is 3. The van der Waals surface area contributed by atoms with E-state index in [4.69, 9.17) is 21.4 Å². The van der Waals surface area contributed by atoms with Gasteiger partial charge in [-0.25, -0.2) is 0 Å². The molecule has 0 bridgehead atoms. The highest BCUT2D eigenvalue weighted by atomic mass is 35.5. The standard InChI is InChI=1S/C8H17ClO2.C3H9N/c1-2-3-4-5-11-7-8(10)6-9;1-4(2)3/h8,10H,2-7H2,1H3;1-3H3. The molecule has 0 rings (SSSR count). The maximum Gasteiger partial charge on any atom is 0.0908 e. The number of hydrogen-bond donors (Lipinski definition) is 1. The van der Waals surface area contributed by atoms with Gasteiger partial charge in [0.15, 0.2) is 0 Å². The van der Waals surface area contributed by atoms with Gasteiger partial charge in [0.2, 0.25) is 0 Å². The Morgan fingerprint density at radius 1 is 1.27 bits per heavy atom. The Balaban J connectivity index is 0. The van der Waals surface area contributed by atoms with E-state index in [-0.39, 0.29) is 5.88 Å². The first kappa shape index (κ1) is 17.6. The van der Waals surface area contributed by atoms with Crippen LogP contribution in [0.3, 0.4) is 0 Å². The number of rotatable bonds is 7. The van der Waals surface area contributed by atoms with Gasteiger partial charge < -0.3 is 14.7 Å². The first-order chi connectivity index (χ1) is 7.04. The summed E-state index contributed by atoms with van der Waals surface area (Å²) in [5, 5.41) is 8.96. The van der Waals surface area contributed by atoms with E-state index in [2.05, 4.69) is 6.92 Å². The fourth-order valence-electron chi connectivity index (χ4n) is 0.718. The summed E-state index contributed by atoms with van der Waals surface area (Å²) in [7, 11) is 6.00. The topological polar surface area (TPSA) is 32.7 Å². The lowest BCUT2D eigenvalue weighted by molar-refractivity contribution is 0.0463. The molecule has 0 amide bonds. The van der Waals surface area contributed by atoms with E-state index in [1.54, 1.807) is 0 Å². The second-order valence-electron chi connectivity index (χ2n) is 3.93. The number of aliphatic hydroxyl groups is 1. The molecule has 0 aliphatic carbocycles. The Kier molecular flexibility index (Phi) is 16.6. The van der Waals surface area contributed by atoms with E-state index >= 15 is 0 Å². The van der Waals surface area contributed by atoms with E-state index in [9.17, 15) is 0 Å². The van der Waals surface area contributed by atoms with E-state index in [1.165, 1.54) is 12.8 Å². The van der Waals surface area contributed by atoms with Crippen molar-refractivity contribution in [2.75, 3.05) is 40.2 Å². The molecular weight excluding hydrogens is 214 g/mol. The van der Waals surface area contributed by atoms with Crippen LogP contribution in [-0.4, -0.2) is 56.3 Å². The van der Waals surface area contributed by atoms with Crippen molar-refractivity contribution in [2.45, 2.75) is 32.3 Å². The van der Waals surface area contributed by atoms with E-state index < -0.39 is 6.10 Å². The van der Waals surface area contributed by atoms with E-state index in [0.29, 0.717) is 6.61 Å². The van der Waals surface area contributed by atoms with Crippen LogP contribution in [0.25, 0.3) is 0 Å². The SMILES string of the molecule is CCCCCOCC(O)CCl.CN(C)C. The highest BCUT2D eigenvalue weighted by molar-refractivity contribution is 6.18. The lowest BCUT2D eigenvalue weighted by atomic mass is 10.3. The van der Waals surface area contributed by atoms with Crippen molar-refractivity contribution in [1.82, 2.24) is 4.90 Å². The zero-order chi connectivity index (χ0) is 12.1. The number of aliphatic hydroxyl groups excluding tert-OH is 1. The lowest BCUT2D eigenvalue weighted by Crippen LogP contribution is -2.17. The van der Waals surface area contributed by atoms with Crippen molar-refractivity contribution >= 4 is 11.6 Å². The first-order valence-corrected chi connectivity index (χ1v) is 6.00. The second kappa shape index (κ2) is 14.2. The van der Waals surface area contributed by atoms with Gasteiger partial charge in [0.25, 0.3) is 0 Å². The predicted octanol–water partition coefficient (Wildman–Crippen LogP) is 1.97. The van der Waals surface area contributed by atoms with Crippen LogP contribution in [0.5, 0.6) is 0 Å². The van der Waals surface area contributed by atoms with Crippen LogP contribution in [0.1, 0.15) is 26.2 Å². The smallest absolute Gasteiger partial charge is 0.0908 e. The number of alkyl halides is 1. The molecule has 0 aliphatic rings. The van der Waals surface area contributed by atoms with Gasteiger partial charge in [-0.2, -0.15) is 0 Å². The maximum atomic E-state index is 8.96. The Labute approximate surface area is 99.4 Å². The number of unbranched alkanes of at least 4 members (excludes halogenated alkanes) is 2. The highest BCUT2D eigenvalue weighted by Crippen LogP contribution is 1.95. The molecule has 0 heterocycles. The molecule has 0 aromatic heterocycles. The van der Waals surface area contributed by atoms with Gasteiger partial charge in [0.05, 0.1) is 18.6 Å². The van der Waals surface area contributed by atoms with Crippen molar-refractivity contribution in [3.63, 3.8) is 0 Å². The highest BCUT2D eigenvalue weighted by Gasteiger charge is 1.99. The molecule has 15 heavy (non-hydrogen) atoms. The van der Waals surface area contributed by atoms with Gasteiger partial charge in [-0.1, -0.05) is 19.8 Å². The summed E-state index contributed by atoms with van der Waals surface area (Å²) in [4.78, 5) is 2.00. The molecule has 1 N–H and O–H groups in total. The van der Waals surface area contributed by atoms with E-state index in [1.807, 2.05) is 26.0 Å². The lowest BCUT2D eigenvalue weighted by Gasteiger charge is -2.06. The fraction of sp³-hybridized carbons (Fsp3) is 1.00.